The Labute approximate surface area is 118 Å². The first kappa shape index (κ1) is 19.6. The highest BCUT2D eigenvalue weighted by molar-refractivity contribution is 4.61. The van der Waals surface area contributed by atoms with E-state index in [-0.39, 0.29) is 32.4 Å². The number of aliphatic hydroxyl groups is 1. The van der Waals surface area contributed by atoms with E-state index in [1.807, 2.05) is 6.92 Å². The molecule has 0 aliphatic heterocycles. The molecule has 0 spiro atoms. The number of rotatable bonds is 11. The summed E-state index contributed by atoms with van der Waals surface area (Å²) in [7, 11) is 0. The summed E-state index contributed by atoms with van der Waals surface area (Å²) in [6.45, 7) is 5.59. The molecule has 0 saturated heterocycles. The van der Waals surface area contributed by atoms with Gasteiger partial charge in [0.05, 0.1) is 25.4 Å². The third-order valence-electron chi connectivity index (χ3n) is 2.45. The van der Waals surface area contributed by atoms with Crippen molar-refractivity contribution in [1.29, 1.82) is 0 Å². The smallest absolute Gasteiger partial charge is 0.389 e. The zero-order chi connectivity index (χ0) is 15.6. The summed E-state index contributed by atoms with van der Waals surface area (Å²) in [4.78, 5) is 0. The van der Waals surface area contributed by atoms with Crippen molar-refractivity contribution in [2.75, 3.05) is 32.9 Å². The molecule has 7 heteroatoms. The summed E-state index contributed by atoms with van der Waals surface area (Å²) in [5.41, 5.74) is 0. The van der Waals surface area contributed by atoms with Gasteiger partial charge in [0.25, 0.3) is 0 Å². The Morgan fingerprint density at radius 1 is 1.20 bits per heavy atom. The first-order valence-corrected chi connectivity index (χ1v) is 6.85. The Kier molecular flexibility index (Phi) is 10.2. The maximum absolute atomic E-state index is 11.8. The lowest BCUT2D eigenvalue weighted by atomic mass is 10.1. The zero-order valence-electron chi connectivity index (χ0n) is 12.4. The third kappa shape index (κ3) is 14.0. The second-order valence-electron chi connectivity index (χ2n) is 5.30. The second kappa shape index (κ2) is 10.4. The molecule has 2 atom stereocenters. The lowest BCUT2D eigenvalue weighted by Crippen LogP contribution is -2.34. The monoisotopic (exact) mass is 301 g/mol. The van der Waals surface area contributed by atoms with Crippen molar-refractivity contribution >= 4 is 0 Å². The quantitative estimate of drug-likeness (QED) is 0.573. The second-order valence-corrected chi connectivity index (χ2v) is 5.30. The van der Waals surface area contributed by atoms with E-state index in [2.05, 4.69) is 23.9 Å². The van der Waals surface area contributed by atoms with Gasteiger partial charge in [-0.3, -0.25) is 0 Å². The van der Waals surface area contributed by atoms with E-state index in [0.29, 0.717) is 5.92 Å². The van der Waals surface area contributed by atoms with Crippen molar-refractivity contribution in [2.24, 2.45) is 5.92 Å². The lowest BCUT2D eigenvalue weighted by Gasteiger charge is -2.18. The number of nitrogens with one attached hydrogen (secondary N) is 1. The van der Waals surface area contributed by atoms with Crippen LogP contribution in [0.15, 0.2) is 0 Å². The van der Waals surface area contributed by atoms with Crippen LogP contribution in [0.4, 0.5) is 13.2 Å². The van der Waals surface area contributed by atoms with Crippen LogP contribution in [0.25, 0.3) is 0 Å². The first-order valence-electron chi connectivity index (χ1n) is 6.85. The fourth-order valence-corrected chi connectivity index (χ4v) is 1.67. The van der Waals surface area contributed by atoms with E-state index >= 15 is 0 Å². The van der Waals surface area contributed by atoms with Gasteiger partial charge in [-0.2, -0.15) is 13.2 Å². The molecule has 0 aliphatic rings. The summed E-state index contributed by atoms with van der Waals surface area (Å²) in [5.74, 6) is 0.533. The molecule has 0 aromatic rings. The summed E-state index contributed by atoms with van der Waals surface area (Å²) in [6, 6.07) is 0. The van der Waals surface area contributed by atoms with Gasteiger partial charge in [-0.15, -0.1) is 0 Å². The largest absolute Gasteiger partial charge is 0.411 e. The van der Waals surface area contributed by atoms with Crippen LogP contribution >= 0.6 is 0 Å². The van der Waals surface area contributed by atoms with E-state index in [0.717, 1.165) is 6.42 Å². The molecular weight excluding hydrogens is 275 g/mol. The Hall–Kier alpha value is -0.370. The molecule has 0 amide bonds. The highest BCUT2D eigenvalue weighted by Crippen LogP contribution is 2.13. The first-order chi connectivity index (χ1) is 9.20. The van der Waals surface area contributed by atoms with E-state index < -0.39 is 18.9 Å². The molecule has 0 heterocycles. The Balaban J connectivity index is 3.43. The van der Waals surface area contributed by atoms with Crippen LogP contribution in [0.3, 0.4) is 0 Å². The average Bonchev–Trinajstić information content (AvgIpc) is 2.28. The van der Waals surface area contributed by atoms with Gasteiger partial charge in [-0.05, 0) is 19.3 Å². The molecule has 122 valence electrons. The molecule has 2 unspecified atom stereocenters. The van der Waals surface area contributed by atoms with Crippen LogP contribution in [0, 0.1) is 5.92 Å². The molecule has 0 saturated carbocycles. The minimum atomic E-state index is -4.29. The number of aliphatic hydroxyl groups excluding tert-OH is 1. The molecule has 0 aromatic heterocycles. The minimum Gasteiger partial charge on any atom is -0.389 e. The number of alkyl halides is 3. The minimum absolute atomic E-state index is 0.0448. The van der Waals surface area contributed by atoms with Gasteiger partial charge in [0.15, 0.2) is 0 Å². The van der Waals surface area contributed by atoms with Crippen LogP contribution in [-0.4, -0.2) is 56.4 Å². The molecule has 0 fully saturated rings. The molecule has 0 bridgehead atoms. The normalized spacial score (nSPS) is 15.6. The van der Waals surface area contributed by atoms with Crippen LogP contribution in [0.2, 0.25) is 0 Å². The zero-order valence-corrected chi connectivity index (χ0v) is 12.4. The highest BCUT2D eigenvalue weighted by Gasteiger charge is 2.27. The maximum atomic E-state index is 11.8. The van der Waals surface area contributed by atoms with Crippen LogP contribution < -0.4 is 5.32 Å². The molecule has 20 heavy (non-hydrogen) atoms. The Morgan fingerprint density at radius 3 is 2.40 bits per heavy atom. The predicted octanol–water partition coefficient (Wildman–Crippen LogP) is 1.97. The topological polar surface area (TPSA) is 50.7 Å². The van der Waals surface area contributed by atoms with Crippen molar-refractivity contribution in [2.45, 2.75) is 45.6 Å². The van der Waals surface area contributed by atoms with E-state index in [9.17, 15) is 18.3 Å². The van der Waals surface area contributed by atoms with Gasteiger partial charge >= 0.3 is 6.18 Å². The number of halogens is 3. The van der Waals surface area contributed by atoms with Gasteiger partial charge in [-0.25, -0.2) is 0 Å². The van der Waals surface area contributed by atoms with Crippen LogP contribution in [-0.2, 0) is 9.47 Å². The van der Waals surface area contributed by atoms with Gasteiger partial charge in [-0.1, -0.05) is 13.8 Å². The van der Waals surface area contributed by atoms with Crippen molar-refractivity contribution < 1.29 is 27.8 Å². The summed E-state index contributed by atoms with van der Waals surface area (Å²) >= 11 is 0. The van der Waals surface area contributed by atoms with Crippen molar-refractivity contribution in [1.82, 2.24) is 5.32 Å². The predicted molar refractivity (Wildman–Crippen MR) is 70.6 cm³/mol. The molecule has 2 N–H and O–H groups in total. The van der Waals surface area contributed by atoms with Crippen molar-refractivity contribution in [3.05, 3.63) is 0 Å². The fourth-order valence-electron chi connectivity index (χ4n) is 1.67. The van der Waals surface area contributed by atoms with Crippen LogP contribution in [0.1, 0.15) is 27.2 Å². The number of hydrogen-bond acceptors (Lipinski definition) is 4. The highest BCUT2D eigenvalue weighted by atomic mass is 19.4. The maximum Gasteiger partial charge on any atom is 0.411 e. The van der Waals surface area contributed by atoms with E-state index in [4.69, 9.17) is 4.74 Å². The summed E-state index contributed by atoms with van der Waals surface area (Å²) in [6.07, 6.45) is -3.96. The van der Waals surface area contributed by atoms with Crippen LogP contribution in [0.5, 0.6) is 0 Å². The SMILES string of the molecule is CC(C)CC(C)OCC(O)CNCCOCC(F)(F)F. The van der Waals surface area contributed by atoms with E-state index in [1.165, 1.54) is 0 Å². The van der Waals surface area contributed by atoms with Gasteiger partial charge in [0.2, 0.25) is 0 Å². The Morgan fingerprint density at radius 2 is 1.85 bits per heavy atom. The molecule has 0 aliphatic carbocycles. The lowest BCUT2D eigenvalue weighted by molar-refractivity contribution is -0.173. The summed E-state index contributed by atoms with van der Waals surface area (Å²) in [5, 5.41) is 12.4. The average molecular weight is 301 g/mol. The van der Waals surface area contributed by atoms with Crippen molar-refractivity contribution in [3.8, 4) is 0 Å². The standard InChI is InChI=1S/C13H26F3NO3/c1-10(2)6-11(3)20-8-12(18)7-17-4-5-19-9-13(14,15)16/h10-12,17-18H,4-9H2,1-3H3. The molecule has 0 rings (SSSR count). The molecular formula is C13H26F3NO3. The van der Waals surface area contributed by atoms with E-state index in [1.54, 1.807) is 0 Å². The number of hydrogen-bond donors (Lipinski definition) is 2. The fraction of sp³-hybridized carbons (Fsp3) is 1.00. The third-order valence-corrected chi connectivity index (χ3v) is 2.45. The number of ether oxygens (including phenoxy) is 2. The Bertz CT molecular complexity index is 237. The summed E-state index contributed by atoms with van der Waals surface area (Å²) < 4.78 is 45.2. The van der Waals surface area contributed by atoms with Gasteiger partial charge < -0.3 is 19.9 Å². The van der Waals surface area contributed by atoms with Gasteiger partial charge in [0, 0.05) is 13.1 Å². The molecule has 0 aromatic carbocycles. The molecule has 0 radical (unpaired) electrons. The van der Waals surface area contributed by atoms with Gasteiger partial charge in [0.1, 0.15) is 6.61 Å². The molecule has 4 nitrogen and oxygen atoms in total. The van der Waals surface area contributed by atoms with Crippen molar-refractivity contribution in [3.63, 3.8) is 0 Å².